The average molecular weight is 336 g/mol. The Bertz CT molecular complexity index is 552. The van der Waals surface area contributed by atoms with Crippen molar-refractivity contribution in [2.24, 2.45) is 5.41 Å². The minimum Gasteiger partial charge on any atom is -0.457 e. The first-order valence-electron chi connectivity index (χ1n) is 8.15. The highest BCUT2D eigenvalue weighted by Gasteiger charge is 2.44. The van der Waals surface area contributed by atoms with Crippen LogP contribution in [0.1, 0.15) is 32.6 Å². The van der Waals surface area contributed by atoms with Crippen LogP contribution in [0.15, 0.2) is 30.3 Å². The predicted molar refractivity (Wildman–Crippen MR) is 85.1 cm³/mol. The van der Waals surface area contributed by atoms with Crippen LogP contribution < -0.4 is 0 Å². The molecule has 6 nitrogen and oxygen atoms in total. The highest BCUT2D eigenvalue weighted by atomic mass is 16.7. The van der Waals surface area contributed by atoms with Gasteiger partial charge in [0.1, 0.15) is 11.5 Å². The number of ether oxygens (including phenoxy) is 5. The number of benzene rings is 1. The molecule has 2 fully saturated rings. The fourth-order valence-electron chi connectivity index (χ4n) is 2.52. The van der Waals surface area contributed by atoms with E-state index in [4.69, 9.17) is 23.7 Å². The van der Waals surface area contributed by atoms with Crippen molar-refractivity contribution in [2.45, 2.75) is 39.0 Å². The molecule has 0 saturated carbocycles. The quantitative estimate of drug-likeness (QED) is 0.790. The molecule has 2 aliphatic heterocycles. The van der Waals surface area contributed by atoms with Crippen molar-refractivity contribution >= 4 is 5.97 Å². The van der Waals surface area contributed by atoms with Crippen LogP contribution in [-0.4, -0.2) is 44.3 Å². The second-order valence-electron chi connectivity index (χ2n) is 6.97. The predicted octanol–water partition coefficient (Wildman–Crippen LogP) is 2.43. The summed E-state index contributed by atoms with van der Waals surface area (Å²) in [7, 11) is 0. The van der Waals surface area contributed by atoms with Gasteiger partial charge in [-0.15, -0.1) is 0 Å². The Kier molecular flexibility index (Phi) is 4.92. The molecule has 0 aromatic heterocycles. The molecule has 0 bridgehead atoms. The molecule has 6 heteroatoms. The van der Waals surface area contributed by atoms with Gasteiger partial charge in [-0.3, -0.25) is 4.79 Å². The Morgan fingerprint density at radius 2 is 1.62 bits per heavy atom. The summed E-state index contributed by atoms with van der Waals surface area (Å²) in [5, 5.41) is 0. The number of hydrogen-bond donors (Lipinski definition) is 0. The minimum absolute atomic E-state index is 0.264. The van der Waals surface area contributed by atoms with Gasteiger partial charge in [0, 0.05) is 5.56 Å². The van der Waals surface area contributed by atoms with Crippen molar-refractivity contribution in [3.8, 4) is 0 Å². The highest BCUT2D eigenvalue weighted by molar-refractivity contribution is 5.77. The van der Waals surface area contributed by atoms with E-state index in [1.165, 1.54) is 0 Å². The second-order valence-corrected chi connectivity index (χ2v) is 6.97. The molecule has 1 aromatic rings. The van der Waals surface area contributed by atoms with Crippen LogP contribution in [0.3, 0.4) is 0 Å². The van der Waals surface area contributed by atoms with Crippen molar-refractivity contribution in [2.75, 3.05) is 26.4 Å². The normalized spacial score (nSPS) is 29.0. The number of esters is 1. The van der Waals surface area contributed by atoms with E-state index in [1.54, 1.807) is 6.92 Å². The maximum absolute atomic E-state index is 12.5. The number of rotatable bonds is 3. The Morgan fingerprint density at radius 1 is 1.04 bits per heavy atom. The van der Waals surface area contributed by atoms with Gasteiger partial charge in [-0.25, -0.2) is 0 Å². The Hall–Kier alpha value is -1.47. The van der Waals surface area contributed by atoms with E-state index in [-0.39, 0.29) is 19.2 Å². The van der Waals surface area contributed by atoms with Gasteiger partial charge >= 0.3 is 5.97 Å². The third kappa shape index (κ3) is 3.95. The lowest BCUT2D eigenvalue weighted by Gasteiger charge is -2.40. The fraction of sp³-hybridized carbons (Fsp3) is 0.611. The van der Waals surface area contributed by atoms with Crippen molar-refractivity contribution in [3.63, 3.8) is 0 Å². The average Bonchev–Trinajstić information content (AvgIpc) is 2.59. The Morgan fingerprint density at radius 3 is 2.21 bits per heavy atom. The van der Waals surface area contributed by atoms with Crippen molar-refractivity contribution in [3.05, 3.63) is 35.9 Å². The number of hydrogen-bond acceptors (Lipinski definition) is 6. The van der Waals surface area contributed by atoms with Gasteiger partial charge < -0.3 is 23.7 Å². The zero-order chi connectivity index (χ0) is 17.2. The standard InChI is InChI=1S/C18H24O6/c1-17(2)22-11-18(3,12-23-17)16(19)24-14-9-20-15(21-10-14)13-7-5-4-6-8-13/h4-8,14-15H,9-12H2,1-3H3. The summed E-state index contributed by atoms with van der Waals surface area (Å²) in [6.07, 6.45) is -0.844. The molecule has 0 N–H and O–H groups in total. The summed E-state index contributed by atoms with van der Waals surface area (Å²) < 4.78 is 28.0. The van der Waals surface area contributed by atoms with E-state index in [0.717, 1.165) is 5.56 Å². The van der Waals surface area contributed by atoms with Gasteiger partial charge in [0.25, 0.3) is 0 Å². The molecule has 2 saturated heterocycles. The smallest absolute Gasteiger partial charge is 0.316 e. The Balaban J connectivity index is 1.50. The highest BCUT2D eigenvalue weighted by Crippen LogP contribution is 2.31. The summed E-state index contributed by atoms with van der Waals surface area (Å²) in [6, 6.07) is 9.68. The summed E-state index contributed by atoms with van der Waals surface area (Å²) in [6.45, 7) is 6.56. The first-order valence-corrected chi connectivity index (χ1v) is 8.15. The van der Waals surface area contributed by atoms with Gasteiger partial charge in [-0.05, 0) is 20.8 Å². The van der Waals surface area contributed by atoms with Crippen molar-refractivity contribution in [1.82, 2.24) is 0 Å². The van der Waals surface area contributed by atoms with Gasteiger partial charge in [0.2, 0.25) is 0 Å². The van der Waals surface area contributed by atoms with Gasteiger partial charge in [0.05, 0.1) is 26.4 Å². The maximum atomic E-state index is 12.5. The fourth-order valence-corrected chi connectivity index (χ4v) is 2.52. The van der Waals surface area contributed by atoms with E-state index < -0.39 is 23.6 Å². The number of carbonyl (C=O) groups excluding carboxylic acids is 1. The molecule has 2 heterocycles. The zero-order valence-electron chi connectivity index (χ0n) is 14.3. The molecular formula is C18H24O6. The van der Waals surface area contributed by atoms with Crippen LogP contribution in [0.2, 0.25) is 0 Å². The molecule has 0 amide bonds. The van der Waals surface area contributed by atoms with Crippen LogP contribution in [-0.2, 0) is 28.5 Å². The molecule has 24 heavy (non-hydrogen) atoms. The van der Waals surface area contributed by atoms with E-state index in [2.05, 4.69) is 0 Å². The van der Waals surface area contributed by atoms with Crippen molar-refractivity contribution < 1.29 is 28.5 Å². The molecule has 0 atom stereocenters. The first kappa shape index (κ1) is 17.4. The number of carbonyl (C=O) groups is 1. The molecule has 1 aromatic carbocycles. The summed E-state index contributed by atoms with van der Waals surface area (Å²) in [5.41, 5.74) is 0.136. The minimum atomic E-state index is -0.814. The Labute approximate surface area is 142 Å². The molecule has 0 spiro atoms. The van der Waals surface area contributed by atoms with Crippen LogP contribution in [0, 0.1) is 5.41 Å². The second kappa shape index (κ2) is 6.80. The van der Waals surface area contributed by atoms with Crippen molar-refractivity contribution in [1.29, 1.82) is 0 Å². The lowest BCUT2D eigenvalue weighted by atomic mass is 9.91. The van der Waals surface area contributed by atoms with Crippen LogP contribution in [0.25, 0.3) is 0 Å². The monoisotopic (exact) mass is 336 g/mol. The molecule has 132 valence electrons. The van der Waals surface area contributed by atoms with E-state index in [1.807, 2.05) is 44.2 Å². The maximum Gasteiger partial charge on any atom is 0.316 e. The third-order valence-corrected chi connectivity index (χ3v) is 4.18. The van der Waals surface area contributed by atoms with Gasteiger partial charge in [-0.1, -0.05) is 30.3 Å². The van der Waals surface area contributed by atoms with Crippen LogP contribution in [0.4, 0.5) is 0 Å². The first-order chi connectivity index (χ1) is 11.4. The largest absolute Gasteiger partial charge is 0.457 e. The van der Waals surface area contributed by atoms with Crippen LogP contribution >= 0.6 is 0 Å². The molecule has 0 unspecified atom stereocenters. The lowest BCUT2D eigenvalue weighted by molar-refractivity contribution is -0.286. The summed E-state index contributed by atoms with van der Waals surface area (Å²) >= 11 is 0. The third-order valence-electron chi connectivity index (χ3n) is 4.18. The van der Waals surface area contributed by atoms with E-state index >= 15 is 0 Å². The molecule has 0 radical (unpaired) electrons. The summed E-state index contributed by atoms with van der Waals surface area (Å²) in [5.74, 6) is -1.02. The topological polar surface area (TPSA) is 63.2 Å². The molecule has 3 rings (SSSR count). The van der Waals surface area contributed by atoms with Gasteiger partial charge in [0.15, 0.2) is 12.1 Å². The van der Waals surface area contributed by atoms with E-state index in [0.29, 0.717) is 13.2 Å². The zero-order valence-corrected chi connectivity index (χ0v) is 14.3. The summed E-state index contributed by atoms with van der Waals surface area (Å²) in [4.78, 5) is 12.5. The van der Waals surface area contributed by atoms with E-state index in [9.17, 15) is 4.79 Å². The molecule has 2 aliphatic rings. The molecular weight excluding hydrogens is 312 g/mol. The molecule has 0 aliphatic carbocycles. The van der Waals surface area contributed by atoms with Crippen LogP contribution in [0.5, 0.6) is 0 Å². The lowest BCUT2D eigenvalue weighted by Crippen LogP contribution is -2.51. The SMILES string of the molecule is CC1(C)OCC(C)(C(=O)OC2COC(c3ccccc3)OC2)CO1. The van der Waals surface area contributed by atoms with Gasteiger partial charge in [-0.2, -0.15) is 0 Å².